The monoisotopic (exact) mass is 205 g/mol. The second-order valence-corrected chi connectivity index (χ2v) is 5.07. The van der Waals surface area contributed by atoms with Crippen LogP contribution in [0.5, 0.6) is 0 Å². The Hall–Kier alpha value is -0.860. The lowest BCUT2D eigenvalue weighted by Gasteiger charge is -2.49. The number of ether oxygens (including phenoxy) is 1. The second-order valence-electron chi connectivity index (χ2n) is 5.07. The summed E-state index contributed by atoms with van der Waals surface area (Å²) in [5.41, 5.74) is 7.40. The van der Waals surface area contributed by atoms with Crippen molar-refractivity contribution in [2.75, 3.05) is 0 Å². The Balaban J connectivity index is 1.89. The number of rotatable bonds is 3. The van der Waals surface area contributed by atoms with Crippen LogP contribution in [-0.4, -0.2) is 12.1 Å². The van der Waals surface area contributed by atoms with Crippen molar-refractivity contribution in [3.8, 4) is 0 Å². The molecule has 1 aliphatic carbocycles. The number of hydrogen-bond acceptors (Lipinski definition) is 2. The van der Waals surface area contributed by atoms with Crippen molar-refractivity contribution in [3.05, 3.63) is 35.9 Å². The maximum atomic E-state index is 5.94. The molecule has 0 radical (unpaired) electrons. The molecule has 0 heterocycles. The van der Waals surface area contributed by atoms with Crippen LogP contribution < -0.4 is 5.73 Å². The molecule has 0 unspecified atom stereocenters. The average molecular weight is 205 g/mol. The van der Waals surface area contributed by atoms with Gasteiger partial charge in [-0.15, -0.1) is 0 Å². The molecular formula is C13H19NO. The van der Waals surface area contributed by atoms with E-state index in [1.54, 1.807) is 0 Å². The van der Waals surface area contributed by atoms with Crippen LogP contribution in [-0.2, 0) is 11.3 Å². The summed E-state index contributed by atoms with van der Waals surface area (Å²) in [5.74, 6) is 0. The summed E-state index contributed by atoms with van der Waals surface area (Å²) in [6.07, 6.45) is 1.27. The number of benzene rings is 1. The third kappa shape index (κ3) is 2.21. The van der Waals surface area contributed by atoms with E-state index in [0.717, 1.165) is 6.42 Å². The topological polar surface area (TPSA) is 35.2 Å². The Morgan fingerprint density at radius 2 is 2.00 bits per heavy atom. The van der Waals surface area contributed by atoms with Gasteiger partial charge in [-0.25, -0.2) is 0 Å². The minimum absolute atomic E-state index is 0.206. The van der Waals surface area contributed by atoms with E-state index in [2.05, 4.69) is 26.0 Å². The quantitative estimate of drug-likeness (QED) is 0.822. The minimum atomic E-state index is 0.206. The molecule has 0 bridgehead atoms. The SMILES string of the molecule is CC1(C)C[C@@H](N)[C@H]1OCc1ccccc1. The van der Waals surface area contributed by atoms with Gasteiger partial charge < -0.3 is 10.5 Å². The third-order valence-electron chi connectivity index (χ3n) is 3.19. The van der Waals surface area contributed by atoms with Gasteiger partial charge in [0.25, 0.3) is 0 Å². The molecule has 0 aliphatic heterocycles. The molecule has 82 valence electrons. The van der Waals surface area contributed by atoms with E-state index >= 15 is 0 Å². The minimum Gasteiger partial charge on any atom is -0.371 e. The molecule has 15 heavy (non-hydrogen) atoms. The highest BCUT2D eigenvalue weighted by Gasteiger charge is 2.46. The van der Waals surface area contributed by atoms with Crippen molar-refractivity contribution in [2.45, 2.75) is 39.0 Å². The first-order valence-corrected chi connectivity index (χ1v) is 5.51. The smallest absolute Gasteiger partial charge is 0.0782 e. The lowest BCUT2D eigenvalue weighted by Crippen LogP contribution is -2.58. The predicted octanol–water partition coefficient (Wildman–Crippen LogP) is 2.33. The fourth-order valence-electron chi connectivity index (χ4n) is 2.36. The lowest BCUT2D eigenvalue weighted by atomic mass is 9.66. The van der Waals surface area contributed by atoms with E-state index in [-0.39, 0.29) is 17.6 Å². The van der Waals surface area contributed by atoms with Crippen molar-refractivity contribution in [1.82, 2.24) is 0 Å². The zero-order chi connectivity index (χ0) is 10.9. The van der Waals surface area contributed by atoms with Crippen LogP contribution in [0.3, 0.4) is 0 Å². The van der Waals surface area contributed by atoms with E-state index in [9.17, 15) is 0 Å². The van der Waals surface area contributed by atoms with Crippen LogP contribution in [0.4, 0.5) is 0 Å². The summed E-state index contributed by atoms with van der Waals surface area (Å²) >= 11 is 0. The molecule has 2 atom stereocenters. The average Bonchev–Trinajstić information content (AvgIpc) is 2.18. The van der Waals surface area contributed by atoms with E-state index in [1.807, 2.05) is 18.2 Å². The molecule has 0 saturated heterocycles. The molecule has 1 aliphatic rings. The first kappa shape index (κ1) is 10.7. The zero-order valence-corrected chi connectivity index (χ0v) is 9.44. The summed E-state index contributed by atoms with van der Waals surface area (Å²) in [6.45, 7) is 5.10. The van der Waals surface area contributed by atoms with E-state index in [0.29, 0.717) is 6.61 Å². The molecular weight excluding hydrogens is 186 g/mol. The zero-order valence-electron chi connectivity index (χ0n) is 9.44. The first-order chi connectivity index (χ1) is 7.09. The van der Waals surface area contributed by atoms with Crippen LogP contribution in [0.15, 0.2) is 30.3 Å². The second kappa shape index (κ2) is 3.95. The van der Waals surface area contributed by atoms with Crippen LogP contribution in [0.1, 0.15) is 25.8 Å². The first-order valence-electron chi connectivity index (χ1n) is 5.51. The standard InChI is InChI=1S/C13H19NO/c1-13(2)8-11(14)12(13)15-9-10-6-4-3-5-7-10/h3-7,11-12H,8-9,14H2,1-2H3/t11-,12-/m1/s1. The molecule has 2 rings (SSSR count). The summed E-state index contributed by atoms with van der Waals surface area (Å²) in [7, 11) is 0. The number of nitrogens with two attached hydrogens (primary N) is 1. The fourth-order valence-corrected chi connectivity index (χ4v) is 2.36. The molecule has 1 saturated carbocycles. The van der Waals surface area contributed by atoms with Crippen LogP contribution in [0, 0.1) is 5.41 Å². The fraction of sp³-hybridized carbons (Fsp3) is 0.538. The van der Waals surface area contributed by atoms with E-state index < -0.39 is 0 Å². The normalized spacial score (nSPS) is 28.5. The third-order valence-corrected chi connectivity index (χ3v) is 3.19. The highest BCUT2D eigenvalue weighted by molar-refractivity contribution is 5.13. The van der Waals surface area contributed by atoms with Gasteiger partial charge in [0.2, 0.25) is 0 Å². The molecule has 0 spiro atoms. The van der Waals surface area contributed by atoms with E-state index in [1.165, 1.54) is 5.56 Å². The van der Waals surface area contributed by atoms with Gasteiger partial charge in [-0.1, -0.05) is 44.2 Å². The summed E-state index contributed by atoms with van der Waals surface area (Å²) < 4.78 is 5.87. The Labute approximate surface area is 91.4 Å². The molecule has 0 amide bonds. The van der Waals surface area contributed by atoms with Crippen molar-refractivity contribution in [3.63, 3.8) is 0 Å². The summed E-state index contributed by atoms with van der Waals surface area (Å²) in [5, 5.41) is 0. The van der Waals surface area contributed by atoms with Gasteiger partial charge >= 0.3 is 0 Å². The van der Waals surface area contributed by atoms with Gasteiger partial charge in [-0.05, 0) is 17.4 Å². The molecule has 1 aromatic carbocycles. The van der Waals surface area contributed by atoms with Gasteiger partial charge in [-0.2, -0.15) is 0 Å². The van der Waals surface area contributed by atoms with Crippen molar-refractivity contribution in [1.29, 1.82) is 0 Å². The highest BCUT2D eigenvalue weighted by atomic mass is 16.5. The van der Waals surface area contributed by atoms with Crippen LogP contribution >= 0.6 is 0 Å². The molecule has 1 fully saturated rings. The maximum absolute atomic E-state index is 5.94. The molecule has 2 heteroatoms. The van der Waals surface area contributed by atoms with Crippen LogP contribution in [0.2, 0.25) is 0 Å². The lowest BCUT2D eigenvalue weighted by molar-refractivity contribution is -0.116. The molecule has 2 N–H and O–H groups in total. The summed E-state index contributed by atoms with van der Waals surface area (Å²) in [6, 6.07) is 10.5. The van der Waals surface area contributed by atoms with Gasteiger partial charge in [0, 0.05) is 6.04 Å². The van der Waals surface area contributed by atoms with Gasteiger partial charge in [0.1, 0.15) is 0 Å². The van der Waals surface area contributed by atoms with Crippen molar-refractivity contribution < 1.29 is 4.74 Å². The highest BCUT2D eigenvalue weighted by Crippen LogP contribution is 2.41. The van der Waals surface area contributed by atoms with Gasteiger partial charge in [0.05, 0.1) is 12.7 Å². The Kier molecular flexibility index (Phi) is 2.81. The largest absolute Gasteiger partial charge is 0.371 e. The van der Waals surface area contributed by atoms with Gasteiger partial charge in [0.15, 0.2) is 0 Å². The molecule has 0 aromatic heterocycles. The summed E-state index contributed by atoms with van der Waals surface area (Å²) in [4.78, 5) is 0. The Bertz CT molecular complexity index is 321. The Morgan fingerprint density at radius 3 is 2.53 bits per heavy atom. The van der Waals surface area contributed by atoms with Crippen molar-refractivity contribution >= 4 is 0 Å². The predicted molar refractivity (Wildman–Crippen MR) is 61.4 cm³/mol. The molecule has 2 nitrogen and oxygen atoms in total. The Morgan fingerprint density at radius 1 is 1.33 bits per heavy atom. The van der Waals surface area contributed by atoms with Crippen LogP contribution in [0.25, 0.3) is 0 Å². The molecule has 1 aromatic rings. The maximum Gasteiger partial charge on any atom is 0.0782 e. The van der Waals surface area contributed by atoms with E-state index in [4.69, 9.17) is 10.5 Å². The number of hydrogen-bond donors (Lipinski definition) is 1. The van der Waals surface area contributed by atoms with Crippen molar-refractivity contribution in [2.24, 2.45) is 11.1 Å². The van der Waals surface area contributed by atoms with Gasteiger partial charge in [-0.3, -0.25) is 0 Å².